The van der Waals surface area contributed by atoms with Crippen LogP contribution in [0, 0.1) is 20.8 Å². The topological polar surface area (TPSA) is 64.6 Å². The summed E-state index contributed by atoms with van der Waals surface area (Å²) >= 11 is 0. The van der Waals surface area contributed by atoms with E-state index in [1.807, 2.05) is 32.0 Å². The van der Waals surface area contributed by atoms with Crippen molar-refractivity contribution in [2.24, 2.45) is 0 Å². The fourth-order valence-corrected chi connectivity index (χ4v) is 2.48. The third-order valence-electron chi connectivity index (χ3n) is 4.25. The summed E-state index contributed by atoms with van der Waals surface area (Å²) in [5, 5.41) is 2.82. The number of anilines is 1. The number of benzene rings is 2. The summed E-state index contributed by atoms with van der Waals surface area (Å²) in [4.78, 5) is 24.5. The van der Waals surface area contributed by atoms with Gasteiger partial charge in [-0.25, -0.2) is 4.79 Å². The first kappa shape index (κ1) is 19.5. The molecule has 26 heavy (non-hydrogen) atoms. The van der Waals surface area contributed by atoms with Crippen molar-refractivity contribution in [1.29, 1.82) is 0 Å². The van der Waals surface area contributed by atoms with Gasteiger partial charge in [0.05, 0.1) is 12.2 Å². The number of esters is 1. The van der Waals surface area contributed by atoms with Crippen LogP contribution >= 0.6 is 0 Å². The van der Waals surface area contributed by atoms with Gasteiger partial charge in [-0.2, -0.15) is 0 Å². The van der Waals surface area contributed by atoms with E-state index in [0.717, 1.165) is 5.56 Å². The molecule has 0 saturated heterocycles. The van der Waals surface area contributed by atoms with Crippen LogP contribution in [0.15, 0.2) is 36.4 Å². The zero-order chi connectivity index (χ0) is 19.3. The number of nitrogens with one attached hydrogen (secondary N) is 1. The zero-order valence-electron chi connectivity index (χ0n) is 15.9. The number of hydrogen-bond acceptors (Lipinski definition) is 4. The Labute approximate surface area is 154 Å². The first-order valence-corrected chi connectivity index (χ1v) is 8.65. The molecule has 1 amide bonds. The van der Waals surface area contributed by atoms with Crippen molar-refractivity contribution >= 4 is 17.6 Å². The fourth-order valence-electron chi connectivity index (χ4n) is 2.48. The SMILES string of the molecule is CCOC(=O)c1cccc(NC(=O)[C@@H](C)Oc2ccc(C)c(C)c2)c1C. The van der Waals surface area contributed by atoms with Crippen LogP contribution < -0.4 is 10.1 Å². The van der Waals surface area contributed by atoms with Crippen molar-refractivity contribution < 1.29 is 19.1 Å². The Hall–Kier alpha value is -2.82. The lowest BCUT2D eigenvalue weighted by Gasteiger charge is -2.17. The Morgan fingerprint density at radius 1 is 1.08 bits per heavy atom. The van der Waals surface area contributed by atoms with Crippen molar-refractivity contribution in [3.8, 4) is 5.75 Å². The van der Waals surface area contributed by atoms with Gasteiger partial charge in [-0.15, -0.1) is 0 Å². The van der Waals surface area contributed by atoms with Gasteiger partial charge in [-0.1, -0.05) is 12.1 Å². The van der Waals surface area contributed by atoms with Crippen LogP contribution in [0.1, 0.15) is 40.9 Å². The van der Waals surface area contributed by atoms with Crippen molar-refractivity contribution in [2.75, 3.05) is 11.9 Å². The lowest BCUT2D eigenvalue weighted by molar-refractivity contribution is -0.122. The van der Waals surface area contributed by atoms with Crippen LogP contribution in [0.4, 0.5) is 5.69 Å². The minimum absolute atomic E-state index is 0.285. The molecule has 0 unspecified atom stereocenters. The molecular weight excluding hydrogens is 330 g/mol. The second kappa shape index (κ2) is 8.52. The molecule has 5 nitrogen and oxygen atoms in total. The van der Waals surface area contributed by atoms with Gasteiger partial charge in [-0.3, -0.25) is 4.79 Å². The smallest absolute Gasteiger partial charge is 0.338 e. The molecular formula is C21H25NO4. The van der Waals surface area contributed by atoms with E-state index < -0.39 is 12.1 Å². The Morgan fingerprint density at radius 2 is 1.81 bits per heavy atom. The van der Waals surface area contributed by atoms with Crippen molar-refractivity contribution in [2.45, 2.75) is 40.7 Å². The maximum atomic E-state index is 12.5. The van der Waals surface area contributed by atoms with Crippen molar-refractivity contribution in [1.82, 2.24) is 0 Å². The largest absolute Gasteiger partial charge is 0.481 e. The Kier molecular flexibility index (Phi) is 6.39. The predicted octanol–water partition coefficient (Wildman–Crippen LogP) is 4.19. The number of carbonyl (C=O) groups excluding carboxylic acids is 2. The molecule has 1 N–H and O–H groups in total. The van der Waals surface area contributed by atoms with Crippen molar-refractivity contribution in [3.05, 3.63) is 58.7 Å². The Bertz CT molecular complexity index is 814. The maximum absolute atomic E-state index is 12.5. The van der Waals surface area contributed by atoms with E-state index in [9.17, 15) is 9.59 Å². The fraction of sp³-hybridized carbons (Fsp3) is 0.333. The standard InChI is InChI=1S/C21H25NO4/c1-6-25-21(24)18-8-7-9-19(15(18)4)22-20(23)16(5)26-17-11-10-13(2)14(3)12-17/h7-12,16H,6H2,1-5H3,(H,22,23)/t16-/m1/s1. The molecule has 0 saturated carbocycles. The highest BCUT2D eigenvalue weighted by atomic mass is 16.5. The van der Waals surface area contributed by atoms with Gasteiger partial charge in [0.1, 0.15) is 5.75 Å². The molecule has 0 aliphatic carbocycles. The molecule has 2 aromatic rings. The van der Waals surface area contributed by atoms with Crippen LogP contribution in [0.2, 0.25) is 0 Å². The highest BCUT2D eigenvalue weighted by Crippen LogP contribution is 2.21. The molecule has 0 heterocycles. The monoisotopic (exact) mass is 355 g/mol. The second-order valence-electron chi connectivity index (χ2n) is 6.19. The van der Waals surface area contributed by atoms with Crippen LogP contribution in [-0.4, -0.2) is 24.6 Å². The summed E-state index contributed by atoms with van der Waals surface area (Å²) in [7, 11) is 0. The van der Waals surface area contributed by atoms with E-state index in [-0.39, 0.29) is 5.91 Å². The van der Waals surface area contributed by atoms with Gasteiger partial charge >= 0.3 is 5.97 Å². The molecule has 0 spiro atoms. The molecule has 1 atom stereocenters. The number of ether oxygens (including phenoxy) is 2. The highest BCUT2D eigenvalue weighted by Gasteiger charge is 2.18. The summed E-state index contributed by atoms with van der Waals surface area (Å²) in [5.74, 6) is -0.0411. The van der Waals surface area contributed by atoms with E-state index in [4.69, 9.17) is 9.47 Å². The Balaban J connectivity index is 2.10. The van der Waals surface area contributed by atoms with Gasteiger partial charge in [0.2, 0.25) is 0 Å². The molecule has 2 aromatic carbocycles. The van der Waals surface area contributed by atoms with E-state index in [1.54, 1.807) is 39.0 Å². The third-order valence-corrected chi connectivity index (χ3v) is 4.25. The lowest BCUT2D eigenvalue weighted by atomic mass is 10.1. The summed E-state index contributed by atoms with van der Waals surface area (Å²) in [5.41, 5.74) is 3.94. The zero-order valence-corrected chi connectivity index (χ0v) is 15.9. The normalized spacial score (nSPS) is 11.6. The first-order chi connectivity index (χ1) is 12.3. The first-order valence-electron chi connectivity index (χ1n) is 8.65. The van der Waals surface area contributed by atoms with E-state index >= 15 is 0 Å². The molecule has 0 aliphatic heterocycles. The van der Waals surface area contributed by atoms with Crippen LogP contribution in [0.5, 0.6) is 5.75 Å². The van der Waals surface area contributed by atoms with Crippen LogP contribution in [0.25, 0.3) is 0 Å². The van der Waals surface area contributed by atoms with E-state index in [2.05, 4.69) is 5.32 Å². The molecule has 0 bridgehead atoms. The van der Waals surface area contributed by atoms with Gasteiger partial charge in [0.15, 0.2) is 6.10 Å². The second-order valence-corrected chi connectivity index (χ2v) is 6.19. The number of carbonyl (C=O) groups is 2. The third kappa shape index (κ3) is 4.63. The average Bonchev–Trinajstić information content (AvgIpc) is 2.60. The minimum Gasteiger partial charge on any atom is -0.481 e. The van der Waals surface area contributed by atoms with Gasteiger partial charge in [0, 0.05) is 5.69 Å². The summed E-state index contributed by atoms with van der Waals surface area (Å²) in [6.45, 7) is 9.54. The molecule has 138 valence electrons. The number of rotatable bonds is 6. The quantitative estimate of drug-likeness (QED) is 0.789. The molecule has 2 rings (SSSR count). The molecule has 0 radical (unpaired) electrons. The van der Waals surface area contributed by atoms with Crippen molar-refractivity contribution in [3.63, 3.8) is 0 Å². The van der Waals surface area contributed by atoms with E-state index in [1.165, 1.54) is 5.56 Å². The Morgan fingerprint density at radius 3 is 2.46 bits per heavy atom. The van der Waals surface area contributed by atoms with Crippen LogP contribution in [0.3, 0.4) is 0 Å². The highest BCUT2D eigenvalue weighted by molar-refractivity contribution is 5.98. The minimum atomic E-state index is -0.678. The average molecular weight is 355 g/mol. The van der Waals surface area contributed by atoms with E-state index in [0.29, 0.717) is 29.2 Å². The van der Waals surface area contributed by atoms with Gasteiger partial charge in [-0.05, 0) is 75.6 Å². The van der Waals surface area contributed by atoms with Gasteiger partial charge < -0.3 is 14.8 Å². The number of amides is 1. The van der Waals surface area contributed by atoms with Gasteiger partial charge in [0.25, 0.3) is 5.91 Å². The molecule has 0 aromatic heterocycles. The lowest BCUT2D eigenvalue weighted by Crippen LogP contribution is -2.30. The number of aryl methyl sites for hydroxylation is 2. The summed E-state index contributed by atoms with van der Waals surface area (Å²) in [6.07, 6.45) is -0.678. The number of hydrogen-bond donors (Lipinski definition) is 1. The van der Waals surface area contributed by atoms with Crippen LogP contribution in [-0.2, 0) is 9.53 Å². The summed E-state index contributed by atoms with van der Waals surface area (Å²) in [6, 6.07) is 10.9. The molecule has 0 aliphatic rings. The maximum Gasteiger partial charge on any atom is 0.338 e. The molecule has 0 fully saturated rings. The molecule has 5 heteroatoms. The summed E-state index contributed by atoms with van der Waals surface area (Å²) < 4.78 is 10.8. The predicted molar refractivity (Wildman–Crippen MR) is 102 cm³/mol.